The number of benzene rings is 2. The lowest BCUT2D eigenvalue weighted by atomic mass is 10.0. The van der Waals surface area contributed by atoms with Crippen LogP contribution < -0.4 is 0 Å². The average molecular weight is 424 g/mol. The highest BCUT2D eigenvalue weighted by atomic mass is 16.3. The largest absolute Gasteiger partial charge is 0.463 e. The summed E-state index contributed by atoms with van der Waals surface area (Å²) in [6.45, 7) is 4.03. The SMILES string of the molecule is O=C(c1cc(-c2ccco2)nc2ccccc12)N1CCN(C/C=C/c2ccccc2)CC1. The number of hydrogen-bond acceptors (Lipinski definition) is 4. The fraction of sp³-hybridized carbons (Fsp3) is 0.185. The molecule has 0 aliphatic carbocycles. The van der Waals surface area contributed by atoms with Crippen LogP contribution in [0, 0.1) is 0 Å². The molecule has 160 valence electrons. The van der Waals surface area contributed by atoms with Gasteiger partial charge in [0, 0.05) is 38.1 Å². The van der Waals surface area contributed by atoms with Crippen molar-refractivity contribution in [2.45, 2.75) is 0 Å². The first-order valence-electron chi connectivity index (χ1n) is 10.9. The van der Waals surface area contributed by atoms with Crippen molar-refractivity contribution in [2.24, 2.45) is 0 Å². The van der Waals surface area contributed by atoms with Gasteiger partial charge in [0.1, 0.15) is 5.69 Å². The van der Waals surface area contributed by atoms with Gasteiger partial charge in [-0.2, -0.15) is 0 Å². The Kier molecular flexibility index (Phi) is 5.81. The van der Waals surface area contributed by atoms with Crippen LogP contribution in [-0.2, 0) is 0 Å². The molecule has 1 fully saturated rings. The number of aromatic nitrogens is 1. The predicted octanol–water partition coefficient (Wildman–Crippen LogP) is 4.97. The standard InChI is InChI=1S/C27H25N3O2/c31-27(30-17-15-29(16-18-30)14-6-10-21-8-2-1-3-9-21)23-20-25(26-13-7-19-32-26)28-24-12-5-4-11-22(23)24/h1-13,19-20H,14-18H2/b10-6+. The second-order valence-electron chi connectivity index (χ2n) is 7.96. The lowest BCUT2D eigenvalue weighted by molar-refractivity contribution is 0.0652. The summed E-state index contributed by atoms with van der Waals surface area (Å²) < 4.78 is 5.53. The van der Waals surface area contributed by atoms with E-state index in [1.165, 1.54) is 5.56 Å². The van der Waals surface area contributed by atoms with E-state index in [0.717, 1.165) is 30.5 Å². The summed E-state index contributed by atoms with van der Waals surface area (Å²) in [4.78, 5) is 22.5. The molecule has 32 heavy (non-hydrogen) atoms. The Balaban J connectivity index is 1.29. The van der Waals surface area contributed by atoms with Crippen molar-refractivity contribution >= 4 is 22.9 Å². The van der Waals surface area contributed by atoms with Gasteiger partial charge < -0.3 is 9.32 Å². The molecule has 5 rings (SSSR count). The molecular weight excluding hydrogens is 398 g/mol. The average Bonchev–Trinajstić information content (AvgIpc) is 3.39. The van der Waals surface area contributed by atoms with Crippen LogP contribution in [-0.4, -0.2) is 53.4 Å². The molecule has 0 unspecified atom stereocenters. The molecule has 1 aliphatic heterocycles. The summed E-state index contributed by atoms with van der Waals surface area (Å²) in [6, 6.07) is 23.7. The summed E-state index contributed by atoms with van der Waals surface area (Å²) >= 11 is 0. The lowest BCUT2D eigenvalue weighted by Crippen LogP contribution is -2.48. The zero-order chi connectivity index (χ0) is 21.8. The fourth-order valence-corrected chi connectivity index (χ4v) is 4.11. The molecule has 0 spiro atoms. The fourth-order valence-electron chi connectivity index (χ4n) is 4.11. The Morgan fingerprint density at radius 2 is 1.72 bits per heavy atom. The highest BCUT2D eigenvalue weighted by Crippen LogP contribution is 2.26. The Bertz CT molecular complexity index is 1220. The number of fused-ring (bicyclic) bond motifs is 1. The third-order valence-corrected chi connectivity index (χ3v) is 5.85. The number of furan rings is 1. The van der Waals surface area contributed by atoms with Gasteiger partial charge in [-0.3, -0.25) is 9.69 Å². The molecule has 5 nitrogen and oxygen atoms in total. The van der Waals surface area contributed by atoms with Crippen LogP contribution in [0.4, 0.5) is 0 Å². The van der Waals surface area contributed by atoms with Crippen molar-refractivity contribution in [3.63, 3.8) is 0 Å². The topological polar surface area (TPSA) is 49.6 Å². The van der Waals surface area contributed by atoms with Gasteiger partial charge in [-0.05, 0) is 29.8 Å². The molecule has 0 radical (unpaired) electrons. The Morgan fingerprint density at radius 1 is 0.938 bits per heavy atom. The highest BCUT2D eigenvalue weighted by Gasteiger charge is 2.24. The number of piperazine rings is 1. The van der Waals surface area contributed by atoms with Gasteiger partial charge in [-0.25, -0.2) is 4.98 Å². The van der Waals surface area contributed by atoms with Crippen molar-refractivity contribution in [3.05, 3.63) is 96.3 Å². The molecule has 2 aromatic heterocycles. The van der Waals surface area contributed by atoms with Crippen LogP contribution in [0.5, 0.6) is 0 Å². The third-order valence-electron chi connectivity index (χ3n) is 5.85. The minimum Gasteiger partial charge on any atom is -0.463 e. The van der Waals surface area contributed by atoms with Crippen LogP contribution in [0.15, 0.2) is 89.6 Å². The minimum atomic E-state index is 0.0517. The van der Waals surface area contributed by atoms with E-state index in [2.05, 4.69) is 29.2 Å². The van der Waals surface area contributed by atoms with Crippen LogP contribution in [0.1, 0.15) is 15.9 Å². The van der Waals surface area contributed by atoms with Crippen LogP contribution in [0.25, 0.3) is 28.4 Å². The molecule has 0 atom stereocenters. The maximum absolute atomic E-state index is 13.5. The molecule has 1 amide bonds. The van der Waals surface area contributed by atoms with E-state index in [-0.39, 0.29) is 5.91 Å². The van der Waals surface area contributed by atoms with Crippen molar-refractivity contribution in [3.8, 4) is 11.5 Å². The van der Waals surface area contributed by atoms with Gasteiger partial charge in [-0.15, -0.1) is 0 Å². The molecule has 3 heterocycles. The number of para-hydroxylation sites is 1. The third kappa shape index (κ3) is 4.34. The van der Waals surface area contributed by atoms with E-state index >= 15 is 0 Å². The highest BCUT2D eigenvalue weighted by molar-refractivity contribution is 6.07. The molecule has 1 saturated heterocycles. The zero-order valence-corrected chi connectivity index (χ0v) is 17.9. The second kappa shape index (κ2) is 9.20. The van der Waals surface area contributed by atoms with E-state index in [4.69, 9.17) is 9.40 Å². The first kappa shape index (κ1) is 20.2. The summed E-state index contributed by atoms with van der Waals surface area (Å²) in [5.74, 6) is 0.718. The van der Waals surface area contributed by atoms with Gasteiger partial charge in [0.15, 0.2) is 5.76 Å². The summed E-state index contributed by atoms with van der Waals surface area (Å²) in [5, 5.41) is 0.876. The maximum atomic E-state index is 13.5. The van der Waals surface area contributed by atoms with Gasteiger partial charge in [0.05, 0.1) is 17.3 Å². The lowest BCUT2D eigenvalue weighted by Gasteiger charge is -2.34. The monoisotopic (exact) mass is 423 g/mol. The van der Waals surface area contributed by atoms with Crippen molar-refractivity contribution in [1.29, 1.82) is 0 Å². The molecule has 0 N–H and O–H groups in total. The Labute approximate surface area is 187 Å². The van der Waals surface area contributed by atoms with E-state index in [0.29, 0.717) is 30.1 Å². The Morgan fingerprint density at radius 3 is 2.50 bits per heavy atom. The van der Waals surface area contributed by atoms with E-state index < -0.39 is 0 Å². The minimum absolute atomic E-state index is 0.0517. The molecule has 5 heteroatoms. The smallest absolute Gasteiger partial charge is 0.254 e. The summed E-state index contributed by atoms with van der Waals surface area (Å²) in [6.07, 6.45) is 5.97. The van der Waals surface area contributed by atoms with Gasteiger partial charge in [0.25, 0.3) is 5.91 Å². The number of pyridine rings is 1. The first-order valence-corrected chi connectivity index (χ1v) is 10.9. The van der Waals surface area contributed by atoms with E-state index in [9.17, 15) is 4.79 Å². The van der Waals surface area contributed by atoms with E-state index in [1.807, 2.05) is 65.6 Å². The Hall–Kier alpha value is -3.70. The predicted molar refractivity (Wildman–Crippen MR) is 127 cm³/mol. The van der Waals surface area contributed by atoms with Gasteiger partial charge in [-0.1, -0.05) is 60.7 Å². The van der Waals surface area contributed by atoms with Crippen molar-refractivity contribution < 1.29 is 9.21 Å². The van der Waals surface area contributed by atoms with Crippen molar-refractivity contribution in [2.75, 3.05) is 32.7 Å². The van der Waals surface area contributed by atoms with E-state index in [1.54, 1.807) is 6.26 Å². The zero-order valence-electron chi connectivity index (χ0n) is 17.9. The number of carbonyl (C=O) groups is 1. The summed E-state index contributed by atoms with van der Waals surface area (Å²) in [7, 11) is 0. The quantitative estimate of drug-likeness (QED) is 0.455. The molecule has 2 aromatic carbocycles. The van der Waals surface area contributed by atoms with Crippen LogP contribution >= 0.6 is 0 Å². The first-order chi connectivity index (χ1) is 15.8. The number of amides is 1. The number of nitrogens with zero attached hydrogens (tertiary/aromatic N) is 3. The molecule has 0 saturated carbocycles. The molecule has 1 aliphatic rings. The van der Waals surface area contributed by atoms with Gasteiger partial charge >= 0.3 is 0 Å². The summed E-state index contributed by atoms with van der Waals surface area (Å²) in [5.41, 5.74) is 3.37. The van der Waals surface area contributed by atoms with Gasteiger partial charge in [0.2, 0.25) is 0 Å². The molecular formula is C27H25N3O2. The maximum Gasteiger partial charge on any atom is 0.254 e. The van der Waals surface area contributed by atoms with Crippen LogP contribution in [0.3, 0.4) is 0 Å². The van der Waals surface area contributed by atoms with Crippen LogP contribution in [0.2, 0.25) is 0 Å². The number of rotatable bonds is 5. The second-order valence-corrected chi connectivity index (χ2v) is 7.96. The molecule has 4 aromatic rings. The van der Waals surface area contributed by atoms with Crippen molar-refractivity contribution in [1.82, 2.24) is 14.8 Å². The number of carbonyl (C=O) groups excluding carboxylic acids is 1. The normalized spacial score (nSPS) is 14.9. The molecule has 0 bridgehead atoms. The number of hydrogen-bond donors (Lipinski definition) is 0.